The molecule has 98 valence electrons. The third-order valence-electron chi connectivity index (χ3n) is 2.62. The number of amides is 1. The van der Waals surface area contributed by atoms with E-state index in [1.54, 1.807) is 0 Å². The van der Waals surface area contributed by atoms with Gasteiger partial charge in [0.2, 0.25) is 5.91 Å². The molecule has 18 heavy (non-hydrogen) atoms. The molecule has 4 heteroatoms. The highest BCUT2D eigenvalue weighted by Gasteiger charge is 2.03. The first-order valence-corrected chi connectivity index (χ1v) is 6.21. The lowest BCUT2D eigenvalue weighted by Crippen LogP contribution is -2.24. The first kappa shape index (κ1) is 14.2. The molecule has 1 aromatic carbocycles. The average molecular weight is 249 g/mol. The third kappa shape index (κ3) is 6.68. The van der Waals surface area contributed by atoms with E-state index in [2.05, 4.69) is 17.4 Å². The second kappa shape index (κ2) is 8.28. The van der Waals surface area contributed by atoms with Gasteiger partial charge >= 0.3 is 5.97 Å². The zero-order valence-corrected chi connectivity index (χ0v) is 10.4. The van der Waals surface area contributed by atoms with Crippen molar-refractivity contribution in [1.82, 2.24) is 5.32 Å². The molecule has 0 spiro atoms. The first-order valence-electron chi connectivity index (χ1n) is 6.21. The average Bonchev–Trinajstić information content (AvgIpc) is 2.37. The summed E-state index contributed by atoms with van der Waals surface area (Å²) in [6.45, 7) is 0.616. The van der Waals surface area contributed by atoms with E-state index < -0.39 is 5.97 Å². The van der Waals surface area contributed by atoms with Crippen molar-refractivity contribution < 1.29 is 14.7 Å². The van der Waals surface area contributed by atoms with Crippen molar-refractivity contribution in [3.8, 4) is 0 Å². The second-order valence-electron chi connectivity index (χ2n) is 4.19. The number of benzene rings is 1. The molecule has 0 aromatic heterocycles. The number of carbonyl (C=O) groups excluding carboxylic acids is 1. The van der Waals surface area contributed by atoms with E-state index in [1.165, 1.54) is 5.56 Å². The van der Waals surface area contributed by atoms with E-state index in [0.29, 0.717) is 6.54 Å². The number of aliphatic carboxylic acids is 1. The smallest absolute Gasteiger partial charge is 0.303 e. The number of aryl methyl sites for hydroxylation is 1. The standard InChI is InChI=1S/C14H19NO3/c16-13(9-10-14(17)18)15-11-5-4-8-12-6-2-1-3-7-12/h1-3,6-7H,4-5,8-11H2,(H,15,16)(H,17,18). The first-order chi connectivity index (χ1) is 8.68. The van der Waals surface area contributed by atoms with Gasteiger partial charge in [-0.2, -0.15) is 0 Å². The van der Waals surface area contributed by atoms with Crippen molar-refractivity contribution in [2.45, 2.75) is 32.1 Å². The van der Waals surface area contributed by atoms with Crippen LogP contribution < -0.4 is 5.32 Å². The SMILES string of the molecule is O=C(O)CCC(=O)NCCCCc1ccccc1. The quantitative estimate of drug-likeness (QED) is 0.692. The monoisotopic (exact) mass is 249 g/mol. The highest BCUT2D eigenvalue weighted by atomic mass is 16.4. The summed E-state index contributed by atoms with van der Waals surface area (Å²) in [6, 6.07) is 10.2. The molecular formula is C14H19NO3. The predicted octanol–water partition coefficient (Wildman–Crippen LogP) is 1.99. The van der Waals surface area contributed by atoms with Crippen molar-refractivity contribution in [3.05, 3.63) is 35.9 Å². The van der Waals surface area contributed by atoms with Crippen molar-refractivity contribution in [3.63, 3.8) is 0 Å². The number of carboxylic acids is 1. The van der Waals surface area contributed by atoms with E-state index in [1.807, 2.05) is 18.2 Å². The largest absolute Gasteiger partial charge is 0.481 e. The lowest BCUT2D eigenvalue weighted by molar-refractivity contribution is -0.138. The maximum absolute atomic E-state index is 11.2. The van der Waals surface area contributed by atoms with E-state index in [9.17, 15) is 9.59 Å². The van der Waals surface area contributed by atoms with Crippen LogP contribution in [0.5, 0.6) is 0 Å². The van der Waals surface area contributed by atoms with Crippen molar-refractivity contribution in [2.24, 2.45) is 0 Å². The summed E-state index contributed by atoms with van der Waals surface area (Å²) in [7, 11) is 0. The molecule has 0 aliphatic rings. The summed E-state index contributed by atoms with van der Waals surface area (Å²) in [4.78, 5) is 21.5. The van der Waals surface area contributed by atoms with Gasteiger partial charge in [-0.1, -0.05) is 30.3 Å². The number of hydrogen-bond acceptors (Lipinski definition) is 2. The van der Waals surface area contributed by atoms with Gasteiger partial charge in [0.1, 0.15) is 0 Å². The Hall–Kier alpha value is -1.84. The maximum Gasteiger partial charge on any atom is 0.303 e. The van der Waals surface area contributed by atoms with Crippen LogP contribution in [0.2, 0.25) is 0 Å². The fraction of sp³-hybridized carbons (Fsp3) is 0.429. The molecule has 0 saturated heterocycles. The zero-order chi connectivity index (χ0) is 13.2. The predicted molar refractivity (Wildman–Crippen MR) is 69.3 cm³/mol. The summed E-state index contributed by atoms with van der Waals surface area (Å²) in [5.74, 6) is -1.12. The number of carbonyl (C=O) groups is 2. The Bertz CT molecular complexity index is 376. The number of rotatable bonds is 8. The van der Waals surface area contributed by atoms with E-state index >= 15 is 0 Å². The summed E-state index contributed by atoms with van der Waals surface area (Å²) in [5.41, 5.74) is 1.30. The van der Waals surface area contributed by atoms with Crippen LogP contribution in [-0.2, 0) is 16.0 Å². The molecule has 0 bridgehead atoms. The summed E-state index contributed by atoms with van der Waals surface area (Å²) in [6.07, 6.45) is 2.90. The van der Waals surface area contributed by atoms with Crippen LogP contribution in [0.3, 0.4) is 0 Å². The van der Waals surface area contributed by atoms with Gasteiger partial charge in [-0.05, 0) is 24.8 Å². The van der Waals surface area contributed by atoms with E-state index in [4.69, 9.17) is 5.11 Å². The molecule has 0 unspecified atom stereocenters. The van der Waals surface area contributed by atoms with Gasteiger partial charge in [0.15, 0.2) is 0 Å². The molecule has 2 N–H and O–H groups in total. The van der Waals surface area contributed by atoms with Gasteiger partial charge in [0.05, 0.1) is 6.42 Å². The van der Waals surface area contributed by atoms with Crippen LogP contribution in [0.15, 0.2) is 30.3 Å². The van der Waals surface area contributed by atoms with E-state index in [0.717, 1.165) is 19.3 Å². The van der Waals surface area contributed by atoms with Crippen LogP contribution in [-0.4, -0.2) is 23.5 Å². The van der Waals surface area contributed by atoms with Crippen molar-refractivity contribution >= 4 is 11.9 Å². The summed E-state index contributed by atoms with van der Waals surface area (Å²) < 4.78 is 0. The van der Waals surface area contributed by atoms with Crippen LogP contribution in [0, 0.1) is 0 Å². The molecule has 1 rings (SSSR count). The Kier molecular flexibility index (Phi) is 6.54. The van der Waals surface area contributed by atoms with Gasteiger partial charge in [0, 0.05) is 13.0 Å². The number of carboxylic acid groups (broad SMARTS) is 1. The minimum absolute atomic E-state index is 0.0635. The fourth-order valence-electron chi connectivity index (χ4n) is 1.64. The molecule has 4 nitrogen and oxygen atoms in total. The summed E-state index contributed by atoms with van der Waals surface area (Å²) in [5, 5.41) is 11.1. The molecule has 0 aliphatic carbocycles. The lowest BCUT2D eigenvalue weighted by Gasteiger charge is -2.04. The Morgan fingerprint density at radius 1 is 1.06 bits per heavy atom. The molecule has 1 amide bonds. The van der Waals surface area contributed by atoms with Crippen LogP contribution in [0.25, 0.3) is 0 Å². The molecule has 0 heterocycles. The fourth-order valence-corrected chi connectivity index (χ4v) is 1.64. The molecule has 0 fully saturated rings. The van der Waals surface area contributed by atoms with E-state index in [-0.39, 0.29) is 18.7 Å². The highest BCUT2D eigenvalue weighted by molar-refractivity contribution is 5.80. The topological polar surface area (TPSA) is 66.4 Å². The Labute approximate surface area is 107 Å². The minimum Gasteiger partial charge on any atom is -0.481 e. The Morgan fingerprint density at radius 2 is 1.78 bits per heavy atom. The minimum atomic E-state index is -0.936. The van der Waals surface area contributed by atoms with Gasteiger partial charge in [-0.15, -0.1) is 0 Å². The van der Waals surface area contributed by atoms with Crippen LogP contribution in [0.1, 0.15) is 31.2 Å². The van der Waals surface area contributed by atoms with Gasteiger partial charge in [0.25, 0.3) is 0 Å². The Morgan fingerprint density at radius 3 is 2.44 bits per heavy atom. The number of hydrogen-bond donors (Lipinski definition) is 2. The van der Waals surface area contributed by atoms with Crippen LogP contribution >= 0.6 is 0 Å². The van der Waals surface area contributed by atoms with Crippen molar-refractivity contribution in [1.29, 1.82) is 0 Å². The normalized spacial score (nSPS) is 10.0. The molecule has 0 radical (unpaired) electrons. The van der Waals surface area contributed by atoms with Crippen molar-refractivity contribution in [2.75, 3.05) is 6.54 Å². The number of nitrogens with one attached hydrogen (secondary N) is 1. The third-order valence-corrected chi connectivity index (χ3v) is 2.62. The molecule has 0 saturated carbocycles. The molecular weight excluding hydrogens is 230 g/mol. The second-order valence-corrected chi connectivity index (χ2v) is 4.19. The molecule has 0 atom stereocenters. The Balaban J connectivity index is 2.02. The zero-order valence-electron chi connectivity index (χ0n) is 10.4. The maximum atomic E-state index is 11.2. The lowest BCUT2D eigenvalue weighted by atomic mass is 10.1. The van der Waals surface area contributed by atoms with Gasteiger partial charge in [-0.25, -0.2) is 0 Å². The van der Waals surface area contributed by atoms with Gasteiger partial charge < -0.3 is 10.4 Å². The highest BCUT2D eigenvalue weighted by Crippen LogP contribution is 2.03. The van der Waals surface area contributed by atoms with Crippen LogP contribution in [0.4, 0.5) is 0 Å². The molecule has 1 aromatic rings. The number of unbranched alkanes of at least 4 members (excludes halogenated alkanes) is 1. The molecule has 0 aliphatic heterocycles. The van der Waals surface area contributed by atoms with Gasteiger partial charge in [-0.3, -0.25) is 9.59 Å². The summed E-state index contributed by atoms with van der Waals surface area (Å²) >= 11 is 0.